The Kier molecular flexibility index (Phi) is 107. The highest BCUT2D eigenvalue weighted by atomic mass is 16.5. The van der Waals surface area contributed by atoms with Crippen molar-refractivity contribution >= 4 is 0 Å². The van der Waals surface area contributed by atoms with Gasteiger partial charge in [-0.05, 0) is 25.7 Å². The highest BCUT2D eigenvalue weighted by Crippen LogP contribution is 1.99. The van der Waals surface area contributed by atoms with Crippen molar-refractivity contribution < 1.29 is 9.47 Å². The van der Waals surface area contributed by atoms with E-state index < -0.39 is 0 Å². The molecule has 0 bridgehead atoms. The van der Waals surface area contributed by atoms with E-state index in [1.807, 2.05) is 0 Å². The summed E-state index contributed by atoms with van der Waals surface area (Å²) in [7, 11) is 0. The van der Waals surface area contributed by atoms with Gasteiger partial charge in [0.15, 0.2) is 0 Å². The standard InChI is InChI=1S/C10H22O.C8H18O.4C2H4/c1-3-5-7-8-10-11-9-6-4-2;1-3-5-7-9-8-6-4-2;4*1-2/h3-10H2,1-2H3;3-8H2,1-2H3;4*1-2H2. The van der Waals surface area contributed by atoms with E-state index in [9.17, 15) is 0 Å². The molecule has 0 aromatic heterocycles. The van der Waals surface area contributed by atoms with E-state index in [4.69, 9.17) is 9.47 Å². The maximum absolute atomic E-state index is 5.42. The molecule has 172 valence electrons. The topological polar surface area (TPSA) is 18.5 Å². The summed E-state index contributed by atoms with van der Waals surface area (Å²) >= 11 is 0. The van der Waals surface area contributed by atoms with E-state index in [2.05, 4.69) is 80.3 Å². The fourth-order valence-corrected chi connectivity index (χ4v) is 1.57. The van der Waals surface area contributed by atoms with Crippen LogP contribution in [-0.4, -0.2) is 26.4 Å². The van der Waals surface area contributed by atoms with Gasteiger partial charge in [0.05, 0.1) is 0 Å². The van der Waals surface area contributed by atoms with Gasteiger partial charge in [0.25, 0.3) is 0 Å². The van der Waals surface area contributed by atoms with Crippen molar-refractivity contribution in [1.29, 1.82) is 0 Å². The number of unbranched alkanes of at least 4 members (excludes halogenated alkanes) is 6. The van der Waals surface area contributed by atoms with Gasteiger partial charge in [-0.15, -0.1) is 52.6 Å². The Morgan fingerprint density at radius 3 is 0.857 bits per heavy atom. The molecule has 0 aliphatic rings. The fourth-order valence-electron chi connectivity index (χ4n) is 1.57. The number of hydrogen-bond donors (Lipinski definition) is 0. The molecule has 0 N–H and O–H groups in total. The zero-order chi connectivity index (χ0) is 23.3. The maximum atomic E-state index is 5.42. The fraction of sp³-hybridized carbons (Fsp3) is 0.692. The minimum atomic E-state index is 0.955. The quantitative estimate of drug-likeness (QED) is 0.214. The highest BCUT2D eigenvalue weighted by molar-refractivity contribution is 4.39. The first-order valence-electron chi connectivity index (χ1n) is 11.0. The molecule has 0 rings (SSSR count). The van der Waals surface area contributed by atoms with Crippen LogP contribution in [0.3, 0.4) is 0 Å². The molecule has 0 aromatic carbocycles. The summed E-state index contributed by atoms with van der Waals surface area (Å²) in [4.78, 5) is 0. The Morgan fingerprint density at radius 1 is 0.357 bits per heavy atom. The van der Waals surface area contributed by atoms with Gasteiger partial charge in [-0.3, -0.25) is 0 Å². The molecule has 0 heterocycles. The van der Waals surface area contributed by atoms with Crippen molar-refractivity contribution in [3.8, 4) is 0 Å². The van der Waals surface area contributed by atoms with E-state index in [0.717, 1.165) is 26.4 Å². The Bertz CT molecular complexity index is 161. The van der Waals surface area contributed by atoms with Gasteiger partial charge in [0.2, 0.25) is 0 Å². The number of rotatable bonds is 14. The van der Waals surface area contributed by atoms with Crippen LogP contribution in [0.15, 0.2) is 52.6 Å². The normalized spacial score (nSPS) is 7.86. The van der Waals surface area contributed by atoms with E-state index in [1.54, 1.807) is 0 Å². The lowest BCUT2D eigenvalue weighted by Gasteiger charge is -2.01. The van der Waals surface area contributed by atoms with Gasteiger partial charge in [0, 0.05) is 26.4 Å². The zero-order valence-electron chi connectivity index (χ0n) is 20.4. The molecule has 0 atom stereocenters. The molecule has 2 nitrogen and oxygen atoms in total. The molecule has 0 saturated carbocycles. The third-order valence-electron chi connectivity index (χ3n) is 3.07. The molecular formula is C26H56O2. The van der Waals surface area contributed by atoms with Gasteiger partial charge in [-0.25, -0.2) is 0 Å². The lowest BCUT2D eigenvalue weighted by molar-refractivity contribution is 0.127. The zero-order valence-corrected chi connectivity index (χ0v) is 20.4. The van der Waals surface area contributed by atoms with E-state index >= 15 is 0 Å². The van der Waals surface area contributed by atoms with E-state index in [0.29, 0.717) is 0 Å². The monoisotopic (exact) mass is 400 g/mol. The van der Waals surface area contributed by atoms with Crippen molar-refractivity contribution in [1.82, 2.24) is 0 Å². The minimum Gasteiger partial charge on any atom is -0.381 e. The van der Waals surface area contributed by atoms with Gasteiger partial charge in [0.1, 0.15) is 0 Å². The molecule has 0 aliphatic heterocycles. The van der Waals surface area contributed by atoms with Crippen molar-refractivity contribution in [2.24, 2.45) is 0 Å². The Hall–Kier alpha value is -1.12. The number of hydrogen-bond acceptors (Lipinski definition) is 2. The van der Waals surface area contributed by atoms with Crippen LogP contribution in [0.25, 0.3) is 0 Å². The third kappa shape index (κ3) is 85.5. The second kappa shape index (κ2) is 72.4. The van der Waals surface area contributed by atoms with E-state index in [-0.39, 0.29) is 0 Å². The summed E-state index contributed by atoms with van der Waals surface area (Å²) < 4.78 is 10.7. The van der Waals surface area contributed by atoms with Crippen molar-refractivity contribution in [2.75, 3.05) is 26.4 Å². The smallest absolute Gasteiger partial charge is 0.0466 e. The summed E-state index contributed by atoms with van der Waals surface area (Å²) in [6.07, 6.45) is 12.6. The van der Waals surface area contributed by atoms with Gasteiger partial charge in [-0.1, -0.05) is 66.2 Å². The van der Waals surface area contributed by atoms with Crippen LogP contribution in [-0.2, 0) is 9.47 Å². The Morgan fingerprint density at radius 2 is 0.607 bits per heavy atom. The number of ether oxygens (including phenoxy) is 2. The summed E-state index contributed by atoms with van der Waals surface area (Å²) in [5.74, 6) is 0. The molecule has 0 aliphatic carbocycles. The first-order chi connectivity index (χ1) is 13.8. The molecule has 0 radical (unpaired) electrons. The summed E-state index contributed by atoms with van der Waals surface area (Å²) in [6.45, 7) is 36.6. The molecule has 0 fully saturated rings. The molecule has 2 heteroatoms. The maximum Gasteiger partial charge on any atom is 0.0466 e. The lowest BCUT2D eigenvalue weighted by Crippen LogP contribution is -1.96. The third-order valence-corrected chi connectivity index (χ3v) is 3.07. The van der Waals surface area contributed by atoms with Crippen LogP contribution in [0.4, 0.5) is 0 Å². The van der Waals surface area contributed by atoms with Crippen molar-refractivity contribution in [2.45, 2.75) is 91.9 Å². The molecule has 0 saturated heterocycles. The molecule has 0 amide bonds. The van der Waals surface area contributed by atoms with E-state index in [1.165, 1.54) is 64.2 Å². The van der Waals surface area contributed by atoms with Crippen LogP contribution in [0.1, 0.15) is 91.9 Å². The average molecular weight is 401 g/mol. The molecule has 0 aromatic rings. The second-order valence-corrected chi connectivity index (χ2v) is 5.35. The SMILES string of the molecule is C=C.C=C.C=C.C=C.CCCCCCOCCCC.CCCCOCCCC. The van der Waals surface area contributed by atoms with Crippen LogP contribution in [0.5, 0.6) is 0 Å². The Labute approximate surface area is 180 Å². The highest BCUT2D eigenvalue weighted by Gasteiger charge is 1.88. The van der Waals surface area contributed by atoms with Gasteiger partial charge < -0.3 is 9.47 Å². The first kappa shape index (κ1) is 41.3. The van der Waals surface area contributed by atoms with Crippen LogP contribution in [0.2, 0.25) is 0 Å². The second-order valence-electron chi connectivity index (χ2n) is 5.35. The van der Waals surface area contributed by atoms with Crippen molar-refractivity contribution in [3.05, 3.63) is 52.6 Å². The average Bonchev–Trinajstić information content (AvgIpc) is 2.79. The van der Waals surface area contributed by atoms with Crippen LogP contribution >= 0.6 is 0 Å². The minimum absolute atomic E-state index is 0.955. The van der Waals surface area contributed by atoms with Crippen molar-refractivity contribution in [3.63, 3.8) is 0 Å². The molecule has 28 heavy (non-hydrogen) atoms. The summed E-state index contributed by atoms with van der Waals surface area (Å²) in [6, 6.07) is 0. The predicted molar refractivity (Wildman–Crippen MR) is 136 cm³/mol. The lowest BCUT2D eigenvalue weighted by atomic mass is 10.2. The van der Waals surface area contributed by atoms with Gasteiger partial charge >= 0.3 is 0 Å². The largest absolute Gasteiger partial charge is 0.381 e. The van der Waals surface area contributed by atoms with Gasteiger partial charge in [-0.2, -0.15) is 0 Å². The predicted octanol–water partition coefficient (Wildman–Crippen LogP) is 9.20. The summed E-state index contributed by atoms with van der Waals surface area (Å²) in [5, 5.41) is 0. The van der Waals surface area contributed by atoms with Crippen LogP contribution in [0, 0.1) is 0 Å². The van der Waals surface area contributed by atoms with Crippen LogP contribution < -0.4 is 0 Å². The molecular weight excluding hydrogens is 344 g/mol. The summed E-state index contributed by atoms with van der Waals surface area (Å²) in [5.41, 5.74) is 0. The Balaban J connectivity index is -0.0000000640. The molecule has 0 spiro atoms. The first-order valence-corrected chi connectivity index (χ1v) is 11.0. The molecule has 0 unspecified atom stereocenters.